The van der Waals surface area contributed by atoms with E-state index in [9.17, 15) is 9.59 Å². The lowest BCUT2D eigenvalue weighted by Gasteiger charge is -2.32. The van der Waals surface area contributed by atoms with Crippen LogP contribution in [-0.2, 0) is 22.7 Å². The second-order valence-electron chi connectivity index (χ2n) is 4.97. The van der Waals surface area contributed by atoms with Crippen LogP contribution < -0.4 is 11.1 Å². The molecule has 0 unspecified atom stereocenters. The Hall–Kier alpha value is -1.96. The number of hydrogen-bond acceptors (Lipinski definition) is 5. The molecule has 1 saturated heterocycles. The van der Waals surface area contributed by atoms with E-state index in [1.54, 1.807) is 11.1 Å². The molecule has 0 radical (unpaired) electrons. The SMILES string of the molecule is CC(=O)NC1CCN(C(=O)Cn2cc(CN)nn2)CC1. The molecule has 110 valence electrons. The summed E-state index contributed by atoms with van der Waals surface area (Å²) in [5, 5.41) is 10.6. The van der Waals surface area contributed by atoms with Crippen molar-refractivity contribution in [3.63, 3.8) is 0 Å². The Kier molecular flexibility index (Phi) is 4.67. The van der Waals surface area contributed by atoms with Gasteiger partial charge in [0.1, 0.15) is 6.54 Å². The van der Waals surface area contributed by atoms with Crippen molar-refractivity contribution in [2.24, 2.45) is 5.73 Å². The van der Waals surface area contributed by atoms with Gasteiger partial charge in [-0.2, -0.15) is 0 Å². The van der Waals surface area contributed by atoms with Gasteiger partial charge in [0.05, 0.1) is 11.9 Å². The molecule has 1 aromatic rings. The average Bonchev–Trinajstić information content (AvgIpc) is 2.86. The Bertz CT molecular complexity index is 478. The fourth-order valence-electron chi connectivity index (χ4n) is 2.31. The van der Waals surface area contributed by atoms with Crippen molar-refractivity contribution in [2.45, 2.75) is 38.9 Å². The molecule has 2 heterocycles. The van der Waals surface area contributed by atoms with Crippen LogP contribution in [0.25, 0.3) is 0 Å². The van der Waals surface area contributed by atoms with Crippen molar-refractivity contribution in [3.8, 4) is 0 Å². The van der Waals surface area contributed by atoms with E-state index >= 15 is 0 Å². The monoisotopic (exact) mass is 280 g/mol. The highest BCUT2D eigenvalue weighted by atomic mass is 16.2. The summed E-state index contributed by atoms with van der Waals surface area (Å²) in [4.78, 5) is 24.9. The van der Waals surface area contributed by atoms with Crippen molar-refractivity contribution in [1.29, 1.82) is 0 Å². The summed E-state index contributed by atoms with van der Waals surface area (Å²) >= 11 is 0. The van der Waals surface area contributed by atoms with Gasteiger partial charge in [-0.25, -0.2) is 4.68 Å². The highest BCUT2D eigenvalue weighted by Gasteiger charge is 2.23. The van der Waals surface area contributed by atoms with Crippen molar-refractivity contribution in [2.75, 3.05) is 13.1 Å². The number of carbonyl (C=O) groups is 2. The number of amides is 2. The summed E-state index contributed by atoms with van der Waals surface area (Å²) in [5.74, 6) is -0.00791. The van der Waals surface area contributed by atoms with Gasteiger partial charge in [0.2, 0.25) is 11.8 Å². The third kappa shape index (κ3) is 3.77. The zero-order valence-electron chi connectivity index (χ0n) is 11.6. The number of nitrogens with two attached hydrogens (primary N) is 1. The summed E-state index contributed by atoms with van der Waals surface area (Å²) in [6, 6.07) is 0.173. The van der Waals surface area contributed by atoms with E-state index in [0.29, 0.717) is 25.3 Å². The summed E-state index contributed by atoms with van der Waals surface area (Å²) in [6.07, 6.45) is 3.26. The highest BCUT2D eigenvalue weighted by molar-refractivity contribution is 5.76. The van der Waals surface area contributed by atoms with Crippen LogP contribution in [-0.4, -0.2) is 50.8 Å². The van der Waals surface area contributed by atoms with Crippen LogP contribution in [0.5, 0.6) is 0 Å². The van der Waals surface area contributed by atoms with Crippen LogP contribution in [0, 0.1) is 0 Å². The molecule has 0 aliphatic carbocycles. The van der Waals surface area contributed by atoms with Crippen molar-refractivity contribution < 1.29 is 9.59 Å². The Labute approximate surface area is 117 Å². The topological polar surface area (TPSA) is 106 Å². The first-order valence-electron chi connectivity index (χ1n) is 6.72. The molecule has 8 nitrogen and oxygen atoms in total. The van der Waals surface area contributed by atoms with Gasteiger partial charge in [-0.3, -0.25) is 9.59 Å². The predicted molar refractivity (Wildman–Crippen MR) is 71.3 cm³/mol. The van der Waals surface area contributed by atoms with Crippen LogP contribution >= 0.6 is 0 Å². The molecule has 1 aliphatic heterocycles. The minimum absolute atomic E-state index is 0.0137. The molecule has 1 fully saturated rings. The molecule has 0 atom stereocenters. The van der Waals surface area contributed by atoms with Crippen LogP contribution in [0.4, 0.5) is 0 Å². The molecule has 3 N–H and O–H groups in total. The average molecular weight is 280 g/mol. The quantitative estimate of drug-likeness (QED) is 0.725. The van der Waals surface area contributed by atoms with E-state index in [-0.39, 0.29) is 24.4 Å². The first-order chi connectivity index (χ1) is 9.58. The normalized spacial score (nSPS) is 16.2. The van der Waals surface area contributed by atoms with Gasteiger partial charge in [-0.15, -0.1) is 5.10 Å². The molecule has 0 bridgehead atoms. The zero-order valence-corrected chi connectivity index (χ0v) is 11.6. The van der Waals surface area contributed by atoms with Gasteiger partial charge >= 0.3 is 0 Å². The van der Waals surface area contributed by atoms with Crippen molar-refractivity contribution in [3.05, 3.63) is 11.9 Å². The third-order valence-electron chi connectivity index (χ3n) is 3.35. The van der Waals surface area contributed by atoms with Gasteiger partial charge < -0.3 is 16.0 Å². The minimum Gasteiger partial charge on any atom is -0.353 e. The molecule has 20 heavy (non-hydrogen) atoms. The van der Waals surface area contributed by atoms with Crippen LogP contribution in [0.15, 0.2) is 6.20 Å². The Balaban J connectivity index is 1.81. The molecular formula is C12H20N6O2. The summed E-state index contributed by atoms with van der Waals surface area (Å²) in [7, 11) is 0. The first kappa shape index (κ1) is 14.4. The fourth-order valence-corrected chi connectivity index (χ4v) is 2.31. The van der Waals surface area contributed by atoms with E-state index in [2.05, 4.69) is 15.6 Å². The number of nitrogens with zero attached hydrogens (tertiary/aromatic N) is 4. The zero-order chi connectivity index (χ0) is 14.5. The maximum absolute atomic E-state index is 12.1. The van der Waals surface area contributed by atoms with Crippen LogP contribution in [0.1, 0.15) is 25.5 Å². The predicted octanol–water partition coefficient (Wildman–Crippen LogP) is -1.14. The number of hydrogen-bond donors (Lipinski definition) is 2. The fraction of sp³-hybridized carbons (Fsp3) is 0.667. The largest absolute Gasteiger partial charge is 0.353 e. The molecule has 0 saturated carbocycles. The molecule has 2 amide bonds. The number of rotatable bonds is 4. The number of piperidine rings is 1. The van der Waals surface area contributed by atoms with Gasteiger partial charge in [0.25, 0.3) is 0 Å². The van der Waals surface area contributed by atoms with E-state index in [1.807, 2.05) is 0 Å². The Morgan fingerprint density at radius 2 is 2.15 bits per heavy atom. The molecule has 1 aromatic heterocycles. The summed E-state index contributed by atoms with van der Waals surface area (Å²) in [6.45, 7) is 3.32. The lowest BCUT2D eigenvalue weighted by Crippen LogP contribution is -2.46. The number of aromatic nitrogens is 3. The first-order valence-corrected chi connectivity index (χ1v) is 6.72. The Morgan fingerprint density at radius 1 is 1.45 bits per heavy atom. The Morgan fingerprint density at radius 3 is 2.70 bits per heavy atom. The van der Waals surface area contributed by atoms with Gasteiger partial charge in [-0.05, 0) is 12.8 Å². The second kappa shape index (κ2) is 6.47. The van der Waals surface area contributed by atoms with Crippen LogP contribution in [0.3, 0.4) is 0 Å². The minimum atomic E-state index is -0.0216. The van der Waals surface area contributed by atoms with Gasteiger partial charge in [0.15, 0.2) is 0 Å². The number of likely N-dealkylation sites (tertiary alicyclic amines) is 1. The molecule has 8 heteroatoms. The second-order valence-corrected chi connectivity index (χ2v) is 4.97. The maximum Gasteiger partial charge on any atom is 0.244 e. The van der Waals surface area contributed by atoms with Crippen LogP contribution in [0.2, 0.25) is 0 Å². The van der Waals surface area contributed by atoms with Crippen molar-refractivity contribution in [1.82, 2.24) is 25.2 Å². The molecular weight excluding hydrogens is 260 g/mol. The lowest BCUT2D eigenvalue weighted by molar-refractivity contribution is -0.133. The third-order valence-corrected chi connectivity index (χ3v) is 3.35. The van der Waals surface area contributed by atoms with Gasteiger partial charge in [-0.1, -0.05) is 5.21 Å². The summed E-state index contributed by atoms with van der Waals surface area (Å²) < 4.78 is 1.50. The van der Waals surface area contributed by atoms with E-state index < -0.39 is 0 Å². The van der Waals surface area contributed by atoms with E-state index in [0.717, 1.165) is 12.8 Å². The lowest BCUT2D eigenvalue weighted by atomic mass is 10.1. The number of carbonyl (C=O) groups excluding carboxylic acids is 2. The smallest absolute Gasteiger partial charge is 0.244 e. The van der Waals surface area contributed by atoms with Crippen molar-refractivity contribution >= 4 is 11.8 Å². The summed E-state index contributed by atoms with van der Waals surface area (Å²) in [5.41, 5.74) is 6.11. The van der Waals surface area contributed by atoms with Gasteiger partial charge in [0, 0.05) is 32.6 Å². The molecule has 0 aromatic carbocycles. The van der Waals surface area contributed by atoms with E-state index in [1.165, 1.54) is 11.6 Å². The van der Waals surface area contributed by atoms with E-state index in [4.69, 9.17) is 5.73 Å². The maximum atomic E-state index is 12.1. The molecule has 1 aliphatic rings. The highest BCUT2D eigenvalue weighted by Crippen LogP contribution is 2.11. The standard InChI is InChI=1S/C12H20N6O2/c1-9(19)14-10-2-4-17(5-3-10)12(20)8-18-7-11(6-13)15-16-18/h7,10H,2-6,8,13H2,1H3,(H,14,19). The molecule has 0 spiro atoms. The number of nitrogens with one attached hydrogen (secondary N) is 1. The molecule has 2 rings (SSSR count).